The summed E-state index contributed by atoms with van der Waals surface area (Å²) in [5, 5.41) is 12.7. The van der Waals surface area contributed by atoms with Crippen LogP contribution >= 0.6 is 0 Å². The van der Waals surface area contributed by atoms with Crippen LogP contribution in [-0.4, -0.2) is 48.0 Å². The topological polar surface area (TPSA) is 88.8 Å². The molecule has 1 aromatic carbocycles. The number of anilines is 1. The maximum absolute atomic E-state index is 13.0. The molecule has 8 heteroatoms. The van der Waals surface area contributed by atoms with E-state index in [1.807, 2.05) is 48.4 Å². The highest BCUT2D eigenvalue weighted by Gasteiger charge is 2.24. The Morgan fingerprint density at radius 1 is 1.31 bits per heavy atom. The van der Waals surface area contributed by atoms with Crippen LogP contribution in [0, 0.1) is 25.2 Å². The average Bonchev–Trinajstić information content (AvgIpc) is 3.51. The van der Waals surface area contributed by atoms with Crippen LogP contribution in [0.4, 0.5) is 5.82 Å². The first-order chi connectivity index (χ1) is 15.5. The van der Waals surface area contributed by atoms with Gasteiger partial charge in [-0.15, -0.1) is 0 Å². The fourth-order valence-electron chi connectivity index (χ4n) is 4.30. The molecule has 2 aliphatic rings. The zero-order valence-corrected chi connectivity index (χ0v) is 18.9. The van der Waals surface area contributed by atoms with Gasteiger partial charge in [-0.3, -0.25) is 9.69 Å². The van der Waals surface area contributed by atoms with Crippen LogP contribution in [0.5, 0.6) is 11.5 Å². The number of benzene rings is 1. The van der Waals surface area contributed by atoms with Crippen molar-refractivity contribution in [3.05, 3.63) is 40.6 Å². The van der Waals surface area contributed by atoms with Gasteiger partial charge in [0.2, 0.25) is 12.7 Å². The molecule has 8 nitrogen and oxygen atoms in total. The van der Waals surface area contributed by atoms with Gasteiger partial charge in [-0.05, 0) is 56.5 Å². The monoisotopic (exact) mass is 438 g/mol. The smallest absolute Gasteiger partial charge is 0.239 e. The normalized spacial score (nSPS) is 17.0. The number of nitrogens with one attached hydrogen (secondary N) is 1. The van der Waals surface area contributed by atoms with Crippen molar-refractivity contribution in [1.29, 1.82) is 5.26 Å². The summed E-state index contributed by atoms with van der Waals surface area (Å²) in [6.07, 6.45) is 2.15. The van der Waals surface area contributed by atoms with Crippen molar-refractivity contribution >= 4 is 11.7 Å². The molecule has 1 atom stereocenters. The molecule has 1 unspecified atom stereocenters. The molecule has 0 bridgehead atoms. The summed E-state index contributed by atoms with van der Waals surface area (Å²) >= 11 is 0. The maximum atomic E-state index is 13.0. The minimum absolute atomic E-state index is 0.112. The molecule has 4 rings (SSSR count). The van der Waals surface area contributed by atoms with E-state index in [-0.39, 0.29) is 25.3 Å². The van der Waals surface area contributed by atoms with Crippen molar-refractivity contribution in [1.82, 2.24) is 9.47 Å². The number of hydrogen-bond acceptors (Lipinski definition) is 6. The molecule has 1 N–H and O–H groups in total. The lowest BCUT2D eigenvalue weighted by Gasteiger charge is -2.21. The fourth-order valence-corrected chi connectivity index (χ4v) is 4.30. The highest BCUT2D eigenvalue weighted by Crippen LogP contribution is 2.33. The van der Waals surface area contributed by atoms with E-state index in [2.05, 4.69) is 11.4 Å². The van der Waals surface area contributed by atoms with Crippen LogP contribution in [0.2, 0.25) is 0 Å². The first-order valence-electron chi connectivity index (χ1n) is 11.1. The second kappa shape index (κ2) is 9.63. The molecule has 1 amide bonds. The Morgan fingerprint density at radius 2 is 2.12 bits per heavy atom. The fraction of sp³-hybridized carbons (Fsp3) is 0.500. The van der Waals surface area contributed by atoms with Crippen molar-refractivity contribution in [2.45, 2.75) is 52.8 Å². The van der Waals surface area contributed by atoms with E-state index < -0.39 is 0 Å². The molecular weight excluding hydrogens is 408 g/mol. The van der Waals surface area contributed by atoms with Gasteiger partial charge in [0.05, 0.1) is 24.8 Å². The first kappa shape index (κ1) is 22.2. The van der Waals surface area contributed by atoms with E-state index >= 15 is 0 Å². The van der Waals surface area contributed by atoms with Crippen LogP contribution in [-0.2, 0) is 22.6 Å². The molecule has 170 valence electrons. The third kappa shape index (κ3) is 4.59. The van der Waals surface area contributed by atoms with Crippen LogP contribution in [0.3, 0.4) is 0 Å². The molecule has 2 aromatic rings. The number of carbonyl (C=O) groups is 1. The molecule has 1 fully saturated rings. The quantitative estimate of drug-likeness (QED) is 0.680. The third-order valence-corrected chi connectivity index (χ3v) is 6.27. The number of nitrogens with zero attached hydrogens (tertiary/aromatic N) is 3. The number of likely N-dealkylation sites (N-methyl/N-ethyl adjacent to an activating group) is 1. The van der Waals surface area contributed by atoms with Crippen molar-refractivity contribution in [2.75, 3.05) is 31.8 Å². The summed E-state index contributed by atoms with van der Waals surface area (Å²) in [4.78, 5) is 15.0. The van der Waals surface area contributed by atoms with E-state index in [0.717, 1.165) is 47.8 Å². The van der Waals surface area contributed by atoms with Gasteiger partial charge >= 0.3 is 0 Å². The number of nitriles is 1. The summed E-state index contributed by atoms with van der Waals surface area (Å²) in [5.74, 6) is 1.91. The largest absolute Gasteiger partial charge is 0.454 e. The summed E-state index contributed by atoms with van der Waals surface area (Å²) in [5.41, 5.74) is 3.45. The Hall–Kier alpha value is -3.02. The van der Waals surface area contributed by atoms with Crippen molar-refractivity contribution < 1.29 is 19.0 Å². The number of amides is 1. The molecule has 2 aliphatic heterocycles. The lowest BCUT2D eigenvalue weighted by molar-refractivity contribution is -0.117. The van der Waals surface area contributed by atoms with Crippen molar-refractivity contribution in [3.8, 4) is 17.6 Å². The third-order valence-electron chi connectivity index (χ3n) is 6.27. The highest BCUT2D eigenvalue weighted by atomic mass is 16.7. The van der Waals surface area contributed by atoms with E-state index in [0.29, 0.717) is 31.0 Å². The van der Waals surface area contributed by atoms with Gasteiger partial charge in [0.25, 0.3) is 0 Å². The number of rotatable bonds is 8. The van der Waals surface area contributed by atoms with Gasteiger partial charge in [0, 0.05) is 18.8 Å². The van der Waals surface area contributed by atoms with Gasteiger partial charge < -0.3 is 24.1 Å². The Labute approximate surface area is 188 Å². The van der Waals surface area contributed by atoms with E-state index in [1.165, 1.54) is 0 Å². The Morgan fingerprint density at radius 3 is 2.84 bits per heavy atom. The predicted molar refractivity (Wildman–Crippen MR) is 120 cm³/mol. The number of aromatic nitrogens is 1. The van der Waals surface area contributed by atoms with E-state index in [4.69, 9.17) is 14.2 Å². The van der Waals surface area contributed by atoms with Crippen LogP contribution in [0.1, 0.15) is 42.1 Å². The minimum Gasteiger partial charge on any atom is -0.454 e. The second-order valence-corrected chi connectivity index (χ2v) is 8.33. The molecule has 0 saturated carbocycles. The number of fused-ring (bicyclic) bond motifs is 1. The maximum Gasteiger partial charge on any atom is 0.239 e. The Bertz CT molecular complexity index is 1030. The predicted octanol–water partition coefficient (Wildman–Crippen LogP) is 3.34. The summed E-state index contributed by atoms with van der Waals surface area (Å²) in [7, 11) is 0. The Balaban J connectivity index is 1.46. The first-order valence-corrected chi connectivity index (χ1v) is 11.1. The number of hydrogen-bond donors (Lipinski definition) is 1. The average molecular weight is 439 g/mol. The SMILES string of the molecule is CCN(CC(=O)Nc1c(C#N)c(C)c(C)n1CC1CCCO1)Cc1ccc2c(c1)OCO2. The zero-order valence-electron chi connectivity index (χ0n) is 18.9. The molecule has 3 heterocycles. The molecule has 0 spiro atoms. The van der Waals surface area contributed by atoms with Gasteiger partial charge in [0.1, 0.15) is 11.9 Å². The lowest BCUT2D eigenvalue weighted by atomic mass is 10.2. The second-order valence-electron chi connectivity index (χ2n) is 8.33. The van der Waals surface area contributed by atoms with Gasteiger partial charge in [-0.2, -0.15) is 5.26 Å². The van der Waals surface area contributed by atoms with Crippen LogP contribution < -0.4 is 14.8 Å². The molecular formula is C24H30N4O4. The summed E-state index contributed by atoms with van der Waals surface area (Å²) in [6.45, 7) is 9.12. The highest BCUT2D eigenvalue weighted by molar-refractivity contribution is 5.93. The van der Waals surface area contributed by atoms with Gasteiger partial charge in [0.15, 0.2) is 11.5 Å². The lowest BCUT2D eigenvalue weighted by Crippen LogP contribution is -2.33. The summed E-state index contributed by atoms with van der Waals surface area (Å²) < 4.78 is 18.6. The molecule has 1 saturated heterocycles. The van der Waals surface area contributed by atoms with Gasteiger partial charge in [-0.1, -0.05) is 13.0 Å². The standard InChI is InChI=1S/C24H30N4O4/c1-4-27(12-18-7-8-21-22(10-18)32-15-31-21)14-23(29)26-24-20(11-25)16(2)17(3)28(24)13-19-6-5-9-30-19/h7-8,10,19H,4-6,9,12-15H2,1-3H3,(H,26,29). The number of ether oxygens (including phenoxy) is 3. The summed E-state index contributed by atoms with van der Waals surface area (Å²) in [6, 6.07) is 8.11. The number of carbonyl (C=O) groups excluding carboxylic acids is 1. The van der Waals surface area contributed by atoms with E-state index in [9.17, 15) is 10.1 Å². The molecule has 0 aliphatic carbocycles. The van der Waals surface area contributed by atoms with Gasteiger partial charge in [-0.25, -0.2) is 0 Å². The zero-order chi connectivity index (χ0) is 22.7. The van der Waals surface area contributed by atoms with Crippen LogP contribution in [0.25, 0.3) is 0 Å². The molecule has 32 heavy (non-hydrogen) atoms. The van der Waals surface area contributed by atoms with Crippen molar-refractivity contribution in [3.63, 3.8) is 0 Å². The molecule has 0 radical (unpaired) electrons. The Kier molecular flexibility index (Phi) is 6.68. The van der Waals surface area contributed by atoms with Crippen molar-refractivity contribution in [2.24, 2.45) is 0 Å². The van der Waals surface area contributed by atoms with E-state index in [1.54, 1.807) is 0 Å². The minimum atomic E-state index is -0.143. The molecule has 1 aromatic heterocycles. The van der Waals surface area contributed by atoms with Crippen LogP contribution in [0.15, 0.2) is 18.2 Å².